The van der Waals surface area contributed by atoms with E-state index in [1.807, 2.05) is 6.92 Å². The maximum absolute atomic E-state index is 12.6. The molecule has 1 rings (SSSR count). The van der Waals surface area contributed by atoms with Gasteiger partial charge in [0, 0.05) is 6.42 Å². The zero-order chi connectivity index (χ0) is 11.3. The van der Waals surface area contributed by atoms with E-state index in [-0.39, 0.29) is 17.6 Å². The summed E-state index contributed by atoms with van der Waals surface area (Å²) in [4.78, 5) is 11.6. The second-order valence-corrected chi connectivity index (χ2v) is 3.66. The summed E-state index contributed by atoms with van der Waals surface area (Å²) in [6.07, 6.45) is 1.90. The number of halogens is 1. The Hall–Kier alpha value is -1.22. The van der Waals surface area contributed by atoms with Gasteiger partial charge in [-0.05, 0) is 24.1 Å². The molecule has 0 aliphatic heterocycles. The molecule has 2 nitrogen and oxygen atoms in total. The highest BCUT2D eigenvalue weighted by Gasteiger charge is 2.12. The van der Waals surface area contributed by atoms with Crippen molar-refractivity contribution in [2.75, 3.05) is 0 Å². The molecule has 0 amide bonds. The molecule has 0 aromatic heterocycles. The highest BCUT2D eigenvalue weighted by molar-refractivity contribution is 5.85. The van der Waals surface area contributed by atoms with Gasteiger partial charge in [-0.25, -0.2) is 4.39 Å². The van der Waals surface area contributed by atoms with Crippen molar-refractivity contribution in [3.63, 3.8) is 0 Å². The van der Waals surface area contributed by atoms with Gasteiger partial charge >= 0.3 is 0 Å². The highest BCUT2D eigenvalue weighted by atomic mass is 19.1. The zero-order valence-corrected chi connectivity index (χ0v) is 8.87. The van der Waals surface area contributed by atoms with Crippen LogP contribution < -0.4 is 5.73 Å². The fraction of sp³-hybridized carbons (Fsp3) is 0.417. The molecular weight excluding hydrogens is 193 g/mol. The Bertz CT molecular complexity index is 321. The summed E-state index contributed by atoms with van der Waals surface area (Å²) < 4.78 is 12.6. The molecule has 0 aliphatic rings. The minimum Gasteiger partial charge on any atom is -0.321 e. The van der Waals surface area contributed by atoms with E-state index in [1.165, 1.54) is 12.1 Å². The van der Waals surface area contributed by atoms with Crippen LogP contribution in [0.15, 0.2) is 24.3 Å². The van der Waals surface area contributed by atoms with E-state index in [0.29, 0.717) is 12.8 Å². The summed E-state index contributed by atoms with van der Waals surface area (Å²) in [5.74, 6) is -0.271. The Balaban J connectivity index is 2.54. The third kappa shape index (κ3) is 3.80. The van der Waals surface area contributed by atoms with Gasteiger partial charge < -0.3 is 5.73 Å². The highest BCUT2D eigenvalue weighted by Crippen LogP contribution is 2.06. The van der Waals surface area contributed by atoms with Gasteiger partial charge in [-0.1, -0.05) is 25.5 Å². The molecule has 0 saturated carbocycles. The maximum Gasteiger partial charge on any atom is 0.153 e. The summed E-state index contributed by atoms with van der Waals surface area (Å²) in [6.45, 7) is 1.99. The first kappa shape index (κ1) is 11.9. The van der Waals surface area contributed by atoms with Crippen LogP contribution in [0, 0.1) is 5.82 Å². The number of ketones is 1. The predicted molar refractivity (Wildman–Crippen MR) is 58.0 cm³/mol. The van der Waals surface area contributed by atoms with Gasteiger partial charge in [0.2, 0.25) is 0 Å². The Morgan fingerprint density at radius 3 is 2.53 bits per heavy atom. The lowest BCUT2D eigenvalue weighted by atomic mass is 10.0. The lowest BCUT2D eigenvalue weighted by molar-refractivity contribution is -0.119. The number of benzene rings is 1. The molecule has 0 fully saturated rings. The molecule has 1 aromatic carbocycles. The number of rotatable bonds is 5. The smallest absolute Gasteiger partial charge is 0.153 e. The topological polar surface area (TPSA) is 43.1 Å². The summed E-state index contributed by atoms with van der Waals surface area (Å²) in [5.41, 5.74) is 6.49. The van der Waals surface area contributed by atoms with Gasteiger partial charge in [0.25, 0.3) is 0 Å². The fourth-order valence-electron chi connectivity index (χ4n) is 1.41. The number of Topliss-reactive ketones (excluding diaryl/α,β-unsaturated/α-hetero) is 1. The first-order valence-electron chi connectivity index (χ1n) is 5.16. The van der Waals surface area contributed by atoms with Crippen LogP contribution in [-0.2, 0) is 11.2 Å². The summed E-state index contributed by atoms with van der Waals surface area (Å²) in [5, 5.41) is 0. The molecule has 1 atom stereocenters. The van der Waals surface area contributed by atoms with E-state index in [9.17, 15) is 9.18 Å². The Morgan fingerprint density at radius 1 is 1.40 bits per heavy atom. The molecule has 3 heteroatoms. The SMILES string of the molecule is CCCC(N)C(=O)Cc1ccc(F)cc1. The predicted octanol–water partition coefficient (Wildman–Crippen LogP) is 2.06. The lowest BCUT2D eigenvalue weighted by Gasteiger charge is -2.08. The molecule has 0 radical (unpaired) electrons. The summed E-state index contributed by atoms with van der Waals surface area (Å²) in [6, 6.07) is 5.56. The van der Waals surface area contributed by atoms with Crippen LogP contribution >= 0.6 is 0 Å². The van der Waals surface area contributed by atoms with E-state index < -0.39 is 0 Å². The van der Waals surface area contributed by atoms with E-state index in [0.717, 1.165) is 12.0 Å². The molecule has 0 saturated heterocycles. The number of hydrogen-bond acceptors (Lipinski definition) is 2. The number of carbonyl (C=O) groups excluding carboxylic acids is 1. The second kappa shape index (κ2) is 5.61. The molecule has 82 valence electrons. The van der Waals surface area contributed by atoms with Crippen molar-refractivity contribution in [3.8, 4) is 0 Å². The zero-order valence-electron chi connectivity index (χ0n) is 8.87. The van der Waals surface area contributed by atoms with Crippen LogP contribution in [0.5, 0.6) is 0 Å². The lowest BCUT2D eigenvalue weighted by Crippen LogP contribution is -2.31. The summed E-state index contributed by atoms with van der Waals surface area (Å²) >= 11 is 0. The molecule has 2 N–H and O–H groups in total. The standard InChI is InChI=1S/C12H16FNO/c1-2-3-11(14)12(15)8-9-4-6-10(13)7-5-9/h4-7,11H,2-3,8,14H2,1H3. The first-order valence-corrected chi connectivity index (χ1v) is 5.16. The molecule has 15 heavy (non-hydrogen) atoms. The van der Waals surface area contributed by atoms with Gasteiger partial charge in [0.05, 0.1) is 6.04 Å². The largest absolute Gasteiger partial charge is 0.321 e. The van der Waals surface area contributed by atoms with E-state index in [1.54, 1.807) is 12.1 Å². The van der Waals surface area contributed by atoms with Gasteiger partial charge in [0.15, 0.2) is 5.78 Å². The quantitative estimate of drug-likeness (QED) is 0.806. The monoisotopic (exact) mass is 209 g/mol. The number of carbonyl (C=O) groups is 1. The van der Waals surface area contributed by atoms with Gasteiger partial charge in [-0.2, -0.15) is 0 Å². The van der Waals surface area contributed by atoms with Gasteiger partial charge in [-0.3, -0.25) is 4.79 Å². The van der Waals surface area contributed by atoms with E-state index in [2.05, 4.69) is 0 Å². The van der Waals surface area contributed by atoms with Crippen LogP contribution in [-0.4, -0.2) is 11.8 Å². The molecule has 0 spiro atoms. The van der Waals surface area contributed by atoms with Crippen LogP contribution in [0.3, 0.4) is 0 Å². The van der Waals surface area contributed by atoms with Crippen molar-refractivity contribution in [1.29, 1.82) is 0 Å². The Labute approximate surface area is 89.3 Å². The van der Waals surface area contributed by atoms with Crippen molar-refractivity contribution >= 4 is 5.78 Å². The minimum absolute atomic E-state index is 0.0171. The Kier molecular flexibility index (Phi) is 4.43. The molecule has 1 aromatic rings. The van der Waals surface area contributed by atoms with Gasteiger partial charge in [-0.15, -0.1) is 0 Å². The van der Waals surface area contributed by atoms with Crippen molar-refractivity contribution in [2.45, 2.75) is 32.2 Å². The number of nitrogens with two attached hydrogens (primary N) is 1. The number of hydrogen-bond donors (Lipinski definition) is 1. The van der Waals surface area contributed by atoms with Crippen molar-refractivity contribution in [3.05, 3.63) is 35.6 Å². The van der Waals surface area contributed by atoms with Crippen molar-refractivity contribution < 1.29 is 9.18 Å². The maximum atomic E-state index is 12.6. The molecule has 1 unspecified atom stereocenters. The second-order valence-electron chi connectivity index (χ2n) is 3.66. The van der Waals surface area contributed by atoms with Crippen LogP contribution in [0.2, 0.25) is 0 Å². The van der Waals surface area contributed by atoms with Crippen molar-refractivity contribution in [1.82, 2.24) is 0 Å². The first-order chi connectivity index (χ1) is 7.13. The third-order valence-electron chi connectivity index (χ3n) is 2.30. The van der Waals surface area contributed by atoms with Crippen LogP contribution in [0.4, 0.5) is 4.39 Å². The fourth-order valence-corrected chi connectivity index (χ4v) is 1.41. The van der Waals surface area contributed by atoms with Crippen LogP contribution in [0.1, 0.15) is 25.3 Å². The molecule has 0 heterocycles. The van der Waals surface area contributed by atoms with E-state index >= 15 is 0 Å². The van der Waals surface area contributed by atoms with E-state index in [4.69, 9.17) is 5.73 Å². The average Bonchev–Trinajstić information content (AvgIpc) is 2.22. The van der Waals surface area contributed by atoms with Crippen molar-refractivity contribution in [2.24, 2.45) is 5.73 Å². The third-order valence-corrected chi connectivity index (χ3v) is 2.30. The molecule has 0 bridgehead atoms. The molecule has 0 aliphatic carbocycles. The van der Waals surface area contributed by atoms with Gasteiger partial charge in [0.1, 0.15) is 5.82 Å². The summed E-state index contributed by atoms with van der Waals surface area (Å²) in [7, 11) is 0. The van der Waals surface area contributed by atoms with Crippen LogP contribution in [0.25, 0.3) is 0 Å². The minimum atomic E-state index is -0.389. The Morgan fingerprint density at radius 2 is 2.00 bits per heavy atom. The normalized spacial score (nSPS) is 12.5. The molecular formula is C12H16FNO. The average molecular weight is 209 g/mol.